The van der Waals surface area contributed by atoms with E-state index in [1.807, 2.05) is 6.92 Å². The van der Waals surface area contributed by atoms with Gasteiger partial charge in [0.25, 0.3) is 5.69 Å². The molecule has 1 aromatic rings. The minimum Gasteiger partial charge on any atom is -0.258 e. The number of halogens is 1. The zero-order chi connectivity index (χ0) is 9.84. The predicted octanol–water partition coefficient (Wildman–Crippen LogP) is 2.68. The molecule has 0 spiro atoms. The molecule has 1 aromatic carbocycles. The predicted molar refractivity (Wildman–Crippen MR) is 52.3 cm³/mol. The van der Waals surface area contributed by atoms with Gasteiger partial charge in [0.1, 0.15) is 0 Å². The van der Waals surface area contributed by atoms with Gasteiger partial charge in [0.05, 0.1) is 4.92 Å². The monoisotopic (exact) mass is 199 g/mol. The van der Waals surface area contributed by atoms with Crippen LogP contribution < -0.4 is 0 Å². The summed E-state index contributed by atoms with van der Waals surface area (Å²) in [6.45, 7) is 1.92. The Morgan fingerprint density at radius 2 is 2.23 bits per heavy atom. The van der Waals surface area contributed by atoms with Crippen molar-refractivity contribution in [1.82, 2.24) is 0 Å². The lowest BCUT2D eigenvalue weighted by Crippen LogP contribution is -1.94. The molecule has 0 atom stereocenters. The highest BCUT2D eigenvalue weighted by atomic mass is 35.5. The Bertz CT molecular complexity index is 325. The average Bonchev–Trinajstić information content (AvgIpc) is 2.08. The molecular weight excluding hydrogens is 190 g/mol. The van der Waals surface area contributed by atoms with Crippen LogP contribution in [0.4, 0.5) is 5.69 Å². The number of hydrogen-bond donors (Lipinski definition) is 0. The van der Waals surface area contributed by atoms with E-state index in [4.69, 9.17) is 11.6 Å². The minimum absolute atomic E-state index is 0.130. The van der Waals surface area contributed by atoms with Crippen LogP contribution in [0.2, 0.25) is 0 Å². The van der Waals surface area contributed by atoms with Gasteiger partial charge in [-0.2, -0.15) is 0 Å². The van der Waals surface area contributed by atoms with Crippen molar-refractivity contribution in [2.75, 3.05) is 5.88 Å². The van der Waals surface area contributed by atoms with Crippen LogP contribution in [-0.4, -0.2) is 10.8 Å². The lowest BCUT2D eigenvalue weighted by Gasteiger charge is -2.02. The zero-order valence-electron chi connectivity index (χ0n) is 7.29. The molecular formula is C9H10ClNO2. The molecule has 0 aliphatic carbocycles. The Morgan fingerprint density at radius 3 is 2.77 bits per heavy atom. The van der Waals surface area contributed by atoms with Gasteiger partial charge in [-0.05, 0) is 24.5 Å². The van der Waals surface area contributed by atoms with Crippen LogP contribution in [0.1, 0.15) is 11.1 Å². The number of aryl methyl sites for hydroxylation is 2. The Labute approximate surface area is 81.5 Å². The lowest BCUT2D eigenvalue weighted by molar-refractivity contribution is -0.384. The molecule has 0 amide bonds. The number of nitro groups is 1. The summed E-state index contributed by atoms with van der Waals surface area (Å²) in [6, 6.07) is 4.84. The van der Waals surface area contributed by atoms with Crippen molar-refractivity contribution in [1.29, 1.82) is 0 Å². The van der Waals surface area contributed by atoms with Crippen molar-refractivity contribution >= 4 is 17.3 Å². The summed E-state index contributed by atoms with van der Waals surface area (Å²) >= 11 is 5.57. The second kappa shape index (κ2) is 4.23. The third-order valence-electron chi connectivity index (χ3n) is 1.91. The van der Waals surface area contributed by atoms with Gasteiger partial charge in [0, 0.05) is 18.0 Å². The van der Waals surface area contributed by atoms with E-state index in [1.165, 1.54) is 6.07 Å². The summed E-state index contributed by atoms with van der Waals surface area (Å²) in [6.07, 6.45) is 0.676. The number of nitrogens with zero attached hydrogens (tertiary/aromatic N) is 1. The molecule has 0 aliphatic heterocycles. The van der Waals surface area contributed by atoms with Gasteiger partial charge in [-0.15, -0.1) is 11.6 Å². The summed E-state index contributed by atoms with van der Waals surface area (Å²) in [5, 5.41) is 10.4. The molecule has 1 rings (SSSR count). The van der Waals surface area contributed by atoms with E-state index in [2.05, 4.69) is 0 Å². The largest absolute Gasteiger partial charge is 0.269 e. The van der Waals surface area contributed by atoms with Crippen LogP contribution in [0.15, 0.2) is 18.2 Å². The first-order chi connectivity index (χ1) is 6.15. The first-order valence-corrected chi connectivity index (χ1v) is 4.48. The molecule has 0 bridgehead atoms. The number of benzene rings is 1. The molecule has 4 heteroatoms. The first kappa shape index (κ1) is 9.99. The molecule has 0 aromatic heterocycles. The topological polar surface area (TPSA) is 43.1 Å². The molecule has 0 unspecified atom stereocenters. The number of nitro benzene ring substituents is 1. The van der Waals surface area contributed by atoms with Crippen LogP contribution in [0.25, 0.3) is 0 Å². The second-order valence-corrected chi connectivity index (χ2v) is 3.18. The average molecular weight is 200 g/mol. The van der Waals surface area contributed by atoms with Crippen LogP contribution in [0.3, 0.4) is 0 Å². The Hall–Kier alpha value is -1.09. The summed E-state index contributed by atoms with van der Waals surface area (Å²) in [5.74, 6) is 0.488. The fourth-order valence-electron chi connectivity index (χ4n) is 1.14. The van der Waals surface area contributed by atoms with E-state index in [9.17, 15) is 10.1 Å². The van der Waals surface area contributed by atoms with Crippen LogP contribution in [0, 0.1) is 17.0 Å². The Kier molecular flexibility index (Phi) is 3.25. The summed E-state index contributed by atoms with van der Waals surface area (Å²) in [7, 11) is 0. The molecule has 0 fully saturated rings. The number of non-ortho nitro benzene ring substituents is 1. The van der Waals surface area contributed by atoms with E-state index >= 15 is 0 Å². The number of alkyl halides is 1. The van der Waals surface area contributed by atoms with Crippen LogP contribution in [0.5, 0.6) is 0 Å². The van der Waals surface area contributed by atoms with Crippen molar-refractivity contribution in [2.24, 2.45) is 0 Å². The molecule has 13 heavy (non-hydrogen) atoms. The second-order valence-electron chi connectivity index (χ2n) is 2.81. The van der Waals surface area contributed by atoms with Gasteiger partial charge in [-0.25, -0.2) is 0 Å². The van der Waals surface area contributed by atoms with E-state index in [-0.39, 0.29) is 5.69 Å². The molecule has 3 nitrogen and oxygen atoms in total. The first-order valence-electron chi connectivity index (χ1n) is 3.95. The third kappa shape index (κ3) is 2.42. The van der Waals surface area contributed by atoms with Crippen LogP contribution in [-0.2, 0) is 6.42 Å². The van der Waals surface area contributed by atoms with Gasteiger partial charge in [-0.1, -0.05) is 6.07 Å². The van der Waals surface area contributed by atoms with Crippen molar-refractivity contribution in [2.45, 2.75) is 13.3 Å². The lowest BCUT2D eigenvalue weighted by atomic mass is 10.1. The van der Waals surface area contributed by atoms with E-state index in [0.29, 0.717) is 12.3 Å². The van der Waals surface area contributed by atoms with Gasteiger partial charge >= 0.3 is 0 Å². The van der Waals surface area contributed by atoms with Gasteiger partial charge in [-0.3, -0.25) is 10.1 Å². The van der Waals surface area contributed by atoms with Gasteiger partial charge in [0.15, 0.2) is 0 Å². The summed E-state index contributed by atoms with van der Waals surface area (Å²) < 4.78 is 0. The highest BCUT2D eigenvalue weighted by Gasteiger charge is 2.07. The molecule has 0 heterocycles. The van der Waals surface area contributed by atoms with Gasteiger partial charge < -0.3 is 0 Å². The third-order valence-corrected chi connectivity index (χ3v) is 2.10. The molecule has 0 aliphatic rings. The maximum absolute atomic E-state index is 10.4. The van der Waals surface area contributed by atoms with Crippen molar-refractivity contribution in [3.63, 3.8) is 0 Å². The van der Waals surface area contributed by atoms with Crippen molar-refractivity contribution in [3.05, 3.63) is 39.4 Å². The zero-order valence-corrected chi connectivity index (χ0v) is 8.04. The molecule has 0 radical (unpaired) electrons. The quantitative estimate of drug-likeness (QED) is 0.427. The standard InChI is InChI=1S/C9H10ClNO2/c1-7-2-3-9(11(12)13)6-8(7)4-5-10/h2-3,6H,4-5H2,1H3. The minimum atomic E-state index is -0.392. The fourth-order valence-corrected chi connectivity index (χ4v) is 1.35. The normalized spacial score (nSPS) is 10.0. The highest BCUT2D eigenvalue weighted by molar-refractivity contribution is 6.18. The van der Waals surface area contributed by atoms with E-state index < -0.39 is 4.92 Å². The Morgan fingerprint density at radius 1 is 1.54 bits per heavy atom. The fraction of sp³-hybridized carbons (Fsp3) is 0.333. The highest BCUT2D eigenvalue weighted by Crippen LogP contribution is 2.17. The molecule has 0 saturated carbocycles. The van der Waals surface area contributed by atoms with E-state index in [0.717, 1.165) is 11.1 Å². The molecule has 0 saturated heterocycles. The number of hydrogen-bond acceptors (Lipinski definition) is 2. The summed E-state index contributed by atoms with van der Waals surface area (Å²) in [4.78, 5) is 10.0. The maximum Gasteiger partial charge on any atom is 0.269 e. The van der Waals surface area contributed by atoms with E-state index in [1.54, 1.807) is 12.1 Å². The molecule has 70 valence electrons. The van der Waals surface area contributed by atoms with Crippen LogP contribution >= 0.6 is 11.6 Å². The van der Waals surface area contributed by atoms with Crippen molar-refractivity contribution < 1.29 is 4.92 Å². The smallest absolute Gasteiger partial charge is 0.258 e. The SMILES string of the molecule is Cc1ccc([N+](=O)[O-])cc1CCCl. The van der Waals surface area contributed by atoms with Crippen molar-refractivity contribution in [3.8, 4) is 0 Å². The maximum atomic E-state index is 10.4. The number of rotatable bonds is 3. The van der Waals surface area contributed by atoms with Gasteiger partial charge in [0.2, 0.25) is 0 Å². The summed E-state index contributed by atoms with van der Waals surface area (Å²) in [5.41, 5.74) is 2.13. The Balaban J connectivity index is 3.03. The molecule has 0 N–H and O–H groups in total.